The zero-order chi connectivity index (χ0) is 26.0. The van der Waals surface area contributed by atoms with Crippen LogP contribution in [0.15, 0.2) is 36.7 Å². The molecular weight excluding hydrogens is 502 g/mol. The van der Waals surface area contributed by atoms with Crippen molar-refractivity contribution in [2.75, 3.05) is 29.9 Å². The Bertz CT molecular complexity index is 1290. The van der Waals surface area contributed by atoms with E-state index in [4.69, 9.17) is 4.74 Å². The van der Waals surface area contributed by atoms with Gasteiger partial charge in [-0.3, -0.25) is 4.98 Å². The molecule has 0 spiro atoms. The molecule has 198 valence electrons. The quantitative estimate of drug-likeness (QED) is 0.446. The normalized spacial score (nSPS) is 24.9. The fourth-order valence-electron chi connectivity index (χ4n) is 5.52. The maximum atomic E-state index is 13.3. The second-order valence-electron chi connectivity index (χ2n) is 10.2. The first-order valence-electron chi connectivity index (χ1n) is 12.1. The lowest BCUT2D eigenvalue weighted by Crippen LogP contribution is -2.48. The van der Waals surface area contributed by atoms with E-state index in [0.717, 1.165) is 18.9 Å². The lowest BCUT2D eigenvalue weighted by molar-refractivity contribution is -0.194. The van der Waals surface area contributed by atoms with Crippen LogP contribution in [0, 0.1) is 17.3 Å². The first kappa shape index (κ1) is 24.1. The summed E-state index contributed by atoms with van der Waals surface area (Å²) < 4.78 is 86.2. The van der Waals surface area contributed by atoms with Gasteiger partial charge in [0, 0.05) is 37.2 Å². The maximum Gasteiger partial charge on any atom is 0.433 e. The monoisotopic (exact) mass is 526 g/mol. The SMILES string of the molecule is FC(F)(F)c1cc(N2CC3CCC(C2)C3Nc2nc3c(OCC4(C(F)(F)F)CC4)cccn3n2)ccn1. The Labute approximate surface area is 207 Å². The van der Waals surface area contributed by atoms with Crippen LogP contribution in [-0.2, 0) is 6.18 Å². The third-order valence-corrected chi connectivity index (χ3v) is 7.81. The van der Waals surface area contributed by atoms with Gasteiger partial charge in [0.2, 0.25) is 5.95 Å². The molecule has 1 N–H and O–H groups in total. The first-order valence-corrected chi connectivity index (χ1v) is 12.1. The number of hydrogen-bond acceptors (Lipinski definition) is 6. The molecule has 2 bridgehead atoms. The fraction of sp³-hybridized carbons (Fsp3) is 0.542. The van der Waals surface area contributed by atoms with E-state index in [1.165, 1.54) is 10.7 Å². The predicted molar refractivity (Wildman–Crippen MR) is 121 cm³/mol. The highest BCUT2D eigenvalue weighted by atomic mass is 19.4. The third kappa shape index (κ3) is 4.42. The topological polar surface area (TPSA) is 67.6 Å². The van der Waals surface area contributed by atoms with E-state index < -0.39 is 30.1 Å². The summed E-state index contributed by atoms with van der Waals surface area (Å²) in [4.78, 5) is 9.91. The zero-order valence-electron chi connectivity index (χ0n) is 19.6. The Hall–Kier alpha value is -3.25. The molecule has 1 aliphatic heterocycles. The molecule has 2 unspecified atom stereocenters. The lowest BCUT2D eigenvalue weighted by Gasteiger charge is -2.39. The van der Waals surface area contributed by atoms with Gasteiger partial charge in [-0.25, -0.2) is 4.52 Å². The minimum Gasteiger partial charge on any atom is -0.489 e. The first-order chi connectivity index (χ1) is 17.5. The van der Waals surface area contributed by atoms with Crippen LogP contribution in [0.25, 0.3) is 5.65 Å². The molecular formula is C24H24F6N6O. The number of pyridine rings is 2. The van der Waals surface area contributed by atoms with Crippen molar-refractivity contribution in [2.24, 2.45) is 17.3 Å². The van der Waals surface area contributed by atoms with Crippen molar-refractivity contribution in [3.8, 4) is 5.75 Å². The Balaban J connectivity index is 1.16. The van der Waals surface area contributed by atoms with Crippen LogP contribution in [0.2, 0.25) is 0 Å². The van der Waals surface area contributed by atoms with Crippen LogP contribution in [0.5, 0.6) is 5.75 Å². The molecule has 3 aliphatic rings. The highest BCUT2D eigenvalue weighted by Gasteiger charge is 2.64. The van der Waals surface area contributed by atoms with Crippen LogP contribution in [0.3, 0.4) is 0 Å². The molecule has 13 heteroatoms. The van der Waals surface area contributed by atoms with E-state index in [1.54, 1.807) is 24.4 Å². The zero-order valence-corrected chi connectivity index (χ0v) is 19.6. The van der Waals surface area contributed by atoms with Gasteiger partial charge in [-0.15, -0.1) is 5.10 Å². The van der Waals surface area contributed by atoms with Crippen molar-refractivity contribution in [1.82, 2.24) is 19.6 Å². The van der Waals surface area contributed by atoms with Gasteiger partial charge in [-0.1, -0.05) is 0 Å². The second kappa shape index (κ2) is 8.38. The molecule has 0 aromatic carbocycles. The number of piperidine rings is 1. The van der Waals surface area contributed by atoms with Gasteiger partial charge in [-0.05, 0) is 61.8 Å². The largest absolute Gasteiger partial charge is 0.489 e. The maximum absolute atomic E-state index is 13.3. The van der Waals surface area contributed by atoms with Crippen molar-refractivity contribution >= 4 is 17.3 Å². The van der Waals surface area contributed by atoms with Crippen molar-refractivity contribution in [3.05, 3.63) is 42.4 Å². The summed E-state index contributed by atoms with van der Waals surface area (Å²) in [6.45, 7) is 0.701. The number of fused-ring (bicyclic) bond motifs is 3. The number of ether oxygens (including phenoxy) is 1. The highest BCUT2D eigenvalue weighted by molar-refractivity contribution is 5.56. The van der Waals surface area contributed by atoms with Gasteiger partial charge in [0.1, 0.15) is 17.7 Å². The number of anilines is 2. The average Bonchev–Trinajstić information content (AvgIpc) is 3.49. The van der Waals surface area contributed by atoms with E-state index in [-0.39, 0.29) is 36.5 Å². The Morgan fingerprint density at radius 1 is 1.05 bits per heavy atom. The molecule has 2 saturated carbocycles. The summed E-state index contributed by atoms with van der Waals surface area (Å²) in [5.41, 5.74) is -1.88. The Morgan fingerprint density at radius 2 is 1.78 bits per heavy atom. The molecule has 3 aromatic rings. The summed E-state index contributed by atoms with van der Waals surface area (Å²) in [5, 5.41) is 7.81. The van der Waals surface area contributed by atoms with Crippen molar-refractivity contribution in [2.45, 2.75) is 44.1 Å². The number of nitrogens with zero attached hydrogens (tertiary/aromatic N) is 5. The molecule has 3 aromatic heterocycles. The van der Waals surface area contributed by atoms with E-state index in [2.05, 4.69) is 20.4 Å². The molecule has 37 heavy (non-hydrogen) atoms. The number of aromatic nitrogens is 4. The van der Waals surface area contributed by atoms with Gasteiger partial charge < -0.3 is 15.0 Å². The van der Waals surface area contributed by atoms with Gasteiger partial charge in [-0.2, -0.15) is 31.3 Å². The fourth-order valence-corrected chi connectivity index (χ4v) is 5.52. The Morgan fingerprint density at radius 3 is 2.43 bits per heavy atom. The Kier molecular flexibility index (Phi) is 5.46. The van der Waals surface area contributed by atoms with Gasteiger partial charge in [0.25, 0.3) is 0 Å². The van der Waals surface area contributed by atoms with Crippen molar-refractivity contribution < 1.29 is 31.1 Å². The second-order valence-corrected chi connectivity index (χ2v) is 10.2. The van der Waals surface area contributed by atoms with Crippen LogP contribution in [0.4, 0.5) is 38.0 Å². The molecule has 2 atom stereocenters. The van der Waals surface area contributed by atoms with E-state index in [9.17, 15) is 26.3 Å². The summed E-state index contributed by atoms with van der Waals surface area (Å²) in [6.07, 6.45) is -4.04. The van der Waals surface area contributed by atoms with Crippen molar-refractivity contribution in [1.29, 1.82) is 0 Å². The standard InChI is InChI=1S/C24H24F6N6O/c25-23(26,27)18-10-16(5-8-31-18)35-11-14-3-4-15(12-35)19(14)32-21-33-20-17(2-1-9-36(20)34-21)37-13-22(6-7-22)24(28,29)30/h1-2,5,8-10,14-15,19H,3-4,6-7,11-13H2,(H,32,34). The number of nitrogens with one attached hydrogen (secondary N) is 1. The van der Waals surface area contributed by atoms with Gasteiger partial charge in [0.05, 0.1) is 0 Å². The van der Waals surface area contributed by atoms with Crippen molar-refractivity contribution in [3.63, 3.8) is 0 Å². The minimum atomic E-state index is -4.50. The van der Waals surface area contributed by atoms with Gasteiger partial charge in [0.15, 0.2) is 11.4 Å². The van der Waals surface area contributed by atoms with E-state index in [0.29, 0.717) is 30.4 Å². The summed E-state index contributed by atoms with van der Waals surface area (Å²) in [7, 11) is 0. The summed E-state index contributed by atoms with van der Waals surface area (Å²) >= 11 is 0. The van der Waals surface area contributed by atoms with Crippen LogP contribution >= 0.6 is 0 Å². The molecule has 0 radical (unpaired) electrons. The molecule has 4 heterocycles. The van der Waals surface area contributed by atoms with Gasteiger partial charge >= 0.3 is 12.4 Å². The van der Waals surface area contributed by atoms with Crippen LogP contribution in [-0.4, -0.2) is 51.5 Å². The highest BCUT2D eigenvalue weighted by Crippen LogP contribution is 2.57. The number of halogens is 6. The van der Waals surface area contributed by atoms with E-state index >= 15 is 0 Å². The number of alkyl halides is 6. The smallest absolute Gasteiger partial charge is 0.433 e. The van der Waals surface area contributed by atoms with Crippen LogP contribution < -0.4 is 15.0 Å². The molecule has 6 rings (SSSR count). The molecule has 1 saturated heterocycles. The van der Waals surface area contributed by atoms with Crippen LogP contribution in [0.1, 0.15) is 31.4 Å². The minimum absolute atomic E-state index is 0.0296. The predicted octanol–water partition coefficient (Wildman–Crippen LogP) is 5.19. The number of hydrogen-bond donors (Lipinski definition) is 1. The lowest BCUT2D eigenvalue weighted by atomic mass is 9.92. The molecule has 2 aliphatic carbocycles. The third-order valence-electron chi connectivity index (χ3n) is 7.81. The molecule has 0 amide bonds. The van der Waals surface area contributed by atoms with E-state index in [1.807, 2.05) is 4.90 Å². The molecule has 3 fully saturated rings. The molecule has 7 nitrogen and oxygen atoms in total. The summed E-state index contributed by atoms with van der Waals surface area (Å²) in [5.74, 6) is 0.913. The average molecular weight is 526 g/mol. The number of rotatable bonds is 6. The summed E-state index contributed by atoms with van der Waals surface area (Å²) in [6, 6.07) is 5.93.